The SMILES string of the molecule is C[N-]CCc1ccccc1N(C)C.C[N-]CCc1ccccc1N(C)C.C[N-]CCc1ccccc1N(C)C.[Ti+3][C]1=CC=CC1. The van der Waals surface area contributed by atoms with Crippen LogP contribution in [0.25, 0.3) is 16.0 Å². The summed E-state index contributed by atoms with van der Waals surface area (Å²) in [5.74, 6) is 0. The molecule has 0 heterocycles. The Bertz CT molecular complexity index is 1120. The van der Waals surface area contributed by atoms with Gasteiger partial charge in [0.15, 0.2) is 0 Å². The first-order chi connectivity index (χ1) is 21.7. The van der Waals surface area contributed by atoms with E-state index in [9.17, 15) is 0 Å². The van der Waals surface area contributed by atoms with Crippen LogP contribution in [0.15, 0.2) is 94.9 Å². The molecule has 0 atom stereocenters. The van der Waals surface area contributed by atoms with Crippen LogP contribution in [0.1, 0.15) is 23.1 Å². The topological polar surface area (TPSA) is 52.0 Å². The maximum absolute atomic E-state index is 4.11. The van der Waals surface area contributed by atoms with E-state index in [1.54, 1.807) is 0 Å². The van der Waals surface area contributed by atoms with Crippen molar-refractivity contribution >= 4 is 17.1 Å². The summed E-state index contributed by atoms with van der Waals surface area (Å²) >= 11 is 2.14. The molecule has 6 nitrogen and oxygen atoms in total. The van der Waals surface area contributed by atoms with Gasteiger partial charge in [0, 0.05) is 59.3 Å². The van der Waals surface area contributed by atoms with E-state index < -0.39 is 0 Å². The number of hydrogen-bond acceptors (Lipinski definition) is 3. The van der Waals surface area contributed by atoms with Gasteiger partial charge in [-0.1, -0.05) is 54.6 Å². The van der Waals surface area contributed by atoms with Crippen molar-refractivity contribution in [1.82, 2.24) is 0 Å². The second-order valence-electron chi connectivity index (χ2n) is 11.3. The van der Waals surface area contributed by atoms with Gasteiger partial charge in [-0.05, 0) is 54.2 Å². The Morgan fingerprint density at radius 1 is 0.533 bits per heavy atom. The van der Waals surface area contributed by atoms with E-state index >= 15 is 0 Å². The average Bonchev–Trinajstić information content (AvgIpc) is 3.53. The molecule has 0 unspecified atom stereocenters. The Hall–Kier alpha value is -2.87. The maximum atomic E-state index is 4.11. The van der Waals surface area contributed by atoms with Crippen LogP contribution in [0.3, 0.4) is 0 Å². The van der Waals surface area contributed by atoms with Crippen molar-refractivity contribution < 1.29 is 20.4 Å². The number of allylic oxidation sites excluding steroid dienone is 4. The van der Waals surface area contributed by atoms with E-state index in [1.807, 2.05) is 21.1 Å². The van der Waals surface area contributed by atoms with E-state index in [0.717, 1.165) is 38.9 Å². The van der Waals surface area contributed by atoms with Gasteiger partial charge in [-0.2, -0.15) is 21.1 Å². The molecule has 0 radical (unpaired) electrons. The zero-order valence-corrected chi connectivity index (χ0v) is 30.9. The number of likely N-dealkylation sites (N-methyl/N-ethyl adjacent to an activating group) is 3. The summed E-state index contributed by atoms with van der Waals surface area (Å²) in [7, 11) is 18.0. The second-order valence-corrected chi connectivity index (χ2v) is 12.3. The Morgan fingerprint density at radius 3 is 1.04 bits per heavy atom. The molecule has 0 N–H and O–H groups in total. The fourth-order valence-electron chi connectivity index (χ4n) is 4.62. The number of benzene rings is 3. The van der Waals surface area contributed by atoms with E-state index in [-0.39, 0.29) is 0 Å². The van der Waals surface area contributed by atoms with Gasteiger partial charge in [0.2, 0.25) is 0 Å². The quantitative estimate of drug-likeness (QED) is 0.187. The molecule has 0 saturated heterocycles. The van der Waals surface area contributed by atoms with Crippen molar-refractivity contribution in [2.24, 2.45) is 0 Å². The fourth-order valence-corrected chi connectivity index (χ4v) is 4.95. The Labute approximate surface area is 287 Å². The molecular formula is C38H56N6Ti. The molecule has 0 aliphatic heterocycles. The van der Waals surface area contributed by atoms with Crippen LogP contribution in [0.2, 0.25) is 0 Å². The summed E-state index contributed by atoms with van der Waals surface area (Å²) in [4.78, 5) is 6.43. The summed E-state index contributed by atoms with van der Waals surface area (Å²) in [6.45, 7) is 2.72. The predicted octanol–water partition coefficient (Wildman–Crippen LogP) is 8.27. The predicted molar refractivity (Wildman–Crippen MR) is 198 cm³/mol. The molecule has 1 aliphatic rings. The van der Waals surface area contributed by atoms with Crippen molar-refractivity contribution in [2.45, 2.75) is 25.7 Å². The van der Waals surface area contributed by atoms with E-state index in [4.69, 9.17) is 0 Å². The molecular weight excluding hydrogens is 588 g/mol. The van der Waals surface area contributed by atoms with Crippen LogP contribution in [-0.4, -0.2) is 83.1 Å². The van der Waals surface area contributed by atoms with Gasteiger partial charge < -0.3 is 30.7 Å². The minimum atomic E-state index is 0.908. The van der Waals surface area contributed by atoms with Gasteiger partial charge >= 0.3 is 49.0 Å². The first-order valence-corrected chi connectivity index (χ1v) is 16.4. The Kier molecular flexibility index (Phi) is 21.8. The molecule has 0 aromatic heterocycles. The van der Waals surface area contributed by atoms with E-state index in [0.29, 0.717) is 0 Å². The Balaban J connectivity index is 0.000000309. The van der Waals surface area contributed by atoms with Crippen molar-refractivity contribution in [3.8, 4) is 0 Å². The normalized spacial score (nSPS) is 11.2. The number of nitrogens with zero attached hydrogens (tertiary/aromatic N) is 6. The second kappa shape index (κ2) is 24.4. The molecule has 45 heavy (non-hydrogen) atoms. The zero-order valence-electron chi connectivity index (χ0n) is 29.3. The standard InChI is InChI=1S/3C11H17N2.C5H5.Ti/c3*1-12-9-8-10-6-4-5-7-11(10)13(2)3;1-2-4-5-3-1;/h3*4-7H,8-9H2,1-3H3;1-3H,4H2;/q3*-1;;+3. The molecule has 0 fully saturated rings. The monoisotopic (exact) mass is 644 g/mol. The zero-order chi connectivity index (χ0) is 33.5. The summed E-state index contributed by atoms with van der Waals surface area (Å²) in [5, 5.41) is 12.3. The number of rotatable bonds is 12. The number of hydrogen-bond donors (Lipinski definition) is 0. The fraction of sp³-hybridized carbons (Fsp3) is 0.421. The van der Waals surface area contributed by atoms with Crippen LogP contribution in [0, 0.1) is 0 Å². The molecule has 7 heteroatoms. The molecule has 3 aromatic carbocycles. The van der Waals surface area contributed by atoms with Crippen molar-refractivity contribution in [3.63, 3.8) is 0 Å². The third-order valence-electron chi connectivity index (χ3n) is 7.01. The summed E-state index contributed by atoms with van der Waals surface area (Å²) in [6, 6.07) is 25.4. The minimum absolute atomic E-state index is 0.908. The molecule has 0 saturated carbocycles. The van der Waals surface area contributed by atoms with E-state index in [1.165, 1.54) is 44.1 Å². The van der Waals surface area contributed by atoms with Crippen LogP contribution < -0.4 is 14.7 Å². The molecule has 0 amide bonds. The van der Waals surface area contributed by atoms with Crippen molar-refractivity contribution in [3.05, 3.63) is 128 Å². The average molecular weight is 645 g/mol. The van der Waals surface area contributed by atoms with Crippen LogP contribution in [0.4, 0.5) is 17.1 Å². The summed E-state index contributed by atoms with van der Waals surface area (Å²) < 4.78 is 1.47. The van der Waals surface area contributed by atoms with Gasteiger partial charge in [0.1, 0.15) is 0 Å². The number of anilines is 3. The van der Waals surface area contributed by atoms with Crippen molar-refractivity contribution in [2.75, 3.05) is 97.8 Å². The molecule has 1 aliphatic carbocycles. The third-order valence-corrected chi connectivity index (χ3v) is 7.58. The van der Waals surface area contributed by atoms with Crippen LogP contribution in [0.5, 0.6) is 0 Å². The molecule has 4 rings (SSSR count). The third kappa shape index (κ3) is 16.9. The molecule has 0 spiro atoms. The van der Waals surface area contributed by atoms with Gasteiger partial charge in [0.25, 0.3) is 0 Å². The van der Waals surface area contributed by atoms with Crippen LogP contribution in [-0.2, 0) is 39.7 Å². The number of para-hydroxylation sites is 3. The van der Waals surface area contributed by atoms with E-state index in [2.05, 4.69) is 184 Å². The van der Waals surface area contributed by atoms with Gasteiger partial charge in [-0.3, -0.25) is 0 Å². The van der Waals surface area contributed by atoms with Crippen molar-refractivity contribution in [1.29, 1.82) is 0 Å². The molecule has 3 aromatic rings. The summed E-state index contributed by atoms with van der Waals surface area (Å²) in [5.41, 5.74) is 8.01. The Morgan fingerprint density at radius 2 is 0.844 bits per heavy atom. The van der Waals surface area contributed by atoms with Gasteiger partial charge in [-0.15, -0.1) is 19.6 Å². The first kappa shape index (κ1) is 40.2. The van der Waals surface area contributed by atoms with Gasteiger partial charge in [-0.25, -0.2) is 0 Å². The van der Waals surface area contributed by atoms with Gasteiger partial charge in [0.05, 0.1) is 0 Å². The summed E-state index contributed by atoms with van der Waals surface area (Å²) in [6.07, 6.45) is 10.7. The van der Waals surface area contributed by atoms with Crippen LogP contribution >= 0.6 is 0 Å². The first-order valence-electron chi connectivity index (χ1n) is 15.7. The molecule has 242 valence electrons. The molecule has 0 bridgehead atoms.